The highest BCUT2D eigenvalue weighted by molar-refractivity contribution is 6.27. The molecule has 0 atom stereocenters. The summed E-state index contributed by atoms with van der Waals surface area (Å²) in [6.45, 7) is 0.586. The van der Waals surface area contributed by atoms with Crippen LogP contribution in [-0.4, -0.2) is 18.2 Å². The Morgan fingerprint density at radius 3 is 2.64 bits per heavy atom. The summed E-state index contributed by atoms with van der Waals surface area (Å²) in [6.07, 6.45) is 0. The Hall–Kier alpha value is -0.578. The second-order valence-corrected chi connectivity index (χ2v) is 2.60. The molecule has 57 valence electrons. The van der Waals surface area contributed by atoms with Gasteiger partial charge in [-0.3, -0.25) is 0 Å². The maximum atomic E-state index is 5.06. The molecule has 0 unspecified atom stereocenters. The topological polar surface area (TPSA) is 18.5 Å². The average Bonchev–Trinajstić information content (AvgIpc) is 2.07. The van der Waals surface area contributed by atoms with Gasteiger partial charge in [0.1, 0.15) is 10.5 Å². The summed E-state index contributed by atoms with van der Waals surface area (Å²) in [5.74, 6) is 0. The van der Waals surface area contributed by atoms with E-state index in [4.69, 9.17) is 9.00 Å². The Morgan fingerprint density at radius 1 is 1.27 bits per heavy atom. The SMILES string of the molecule is [SiH3]O[B]OCc1ccccc1. The molecule has 0 aromatic heterocycles. The van der Waals surface area contributed by atoms with Gasteiger partial charge in [-0.15, -0.1) is 0 Å². The first-order valence-corrected chi connectivity index (χ1v) is 4.25. The fraction of sp³-hybridized carbons (Fsp3) is 0.143. The van der Waals surface area contributed by atoms with Crippen molar-refractivity contribution in [3.05, 3.63) is 35.9 Å². The summed E-state index contributed by atoms with van der Waals surface area (Å²) < 4.78 is 9.81. The third-order valence-electron chi connectivity index (χ3n) is 1.26. The molecule has 0 heterocycles. The summed E-state index contributed by atoms with van der Waals surface area (Å²) in [5, 5.41) is 0. The van der Waals surface area contributed by atoms with Crippen LogP contribution in [0.2, 0.25) is 0 Å². The predicted molar refractivity (Wildman–Crippen MR) is 48.0 cm³/mol. The van der Waals surface area contributed by atoms with Gasteiger partial charge in [-0.05, 0) is 5.56 Å². The first-order chi connectivity index (χ1) is 5.43. The Kier molecular flexibility index (Phi) is 3.97. The average molecular weight is 165 g/mol. The highest BCUT2D eigenvalue weighted by atomic mass is 28.2. The van der Waals surface area contributed by atoms with Crippen molar-refractivity contribution in [2.24, 2.45) is 0 Å². The molecular weight excluding hydrogens is 155 g/mol. The molecule has 0 spiro atoms. The molecule has 0 amide bonds. The lowest BCUT2D eigenvalue weighted by Gasteiger charge is -1.99. The monoisotopic (exact) mass is 165 g/mol. The predicted octanol–water partition coefficient (Wildman–Crippen LogP) is 0.0344. The lowest BCUT2D eigenvalue weighted by Crippen LogP contribution is -2.01. The first-order valence-electron chi connectivity index (χ1n) is 3.43. The van der Waals surface area contributed by atoms with Crippen molar-refractivity contribution in [2.75, 3.05) is 0 Å². The molecular formula is C7H10BO2Si. The Morgan fingerprint density at radius 2 is 2.00 bits per heavy atom. The molecule has 0 aliphatic heterocycles. The molecule has 0 fully saturated rings. The van der Waals surface area contributed by atoms with Crippen molar-refractivity contribution in [1.82, 2.24) is 0 Å². The Balaban J connectivity index is 2.28. The number of benzene rings is 1. The fourth-order valence-corrected chi connectivity index (χ4v) is 0.909. The van der Waals surface area contributed by atoms with Crippen LogP contribution in [0.15, 0.2) is 30.3 Å². The molecule has 0 saturated heterocycles. The minimum Gasteiger partial charge on any atom is -0.463 e. The normalized spacial score (nSPS) is 9.82. The lowest BCUT2D eigenvalue weighted by atomic mass is 10.2. The fourth-order valence-electron chi connectivity index (χ4n) is 0.773. The van der Waals surface area contributed by atoms with Gasteiger partial charge in [0.2, 0.25) is 0 Å². The molecule has 0 aliphatic carbocycles. The van der Waals surface area contributed by atoms with Crippen molar-refractivity contribution in [3.63, 3.8) is 0 Å². The summed E-state index contributed by atoms with van der Waals surface area (Å²) in [7, 11) is 2.07. The van der Waals surface area contributed by atoms with E-state index in [0.717, 1.165) is 5.56 Å². The van der Waals surface area contributed by atoms with E-state index in [-0.39, 0.29) is 0 Å². The Bertz CT molecular complexity index is 193. The third kappa shape index (κ3) is 3.36. The minimum atomic E-state index is 0.586. The van der Waals surface area contributed by atoms with Crippen molar-refractivity contribution >= 4 is 18.2 Å². The van der Waals surface area contributed by atoms with E-state index < -0.39 is 0 Å². The maximum Gasteiger partial charge on any atom is 0.476 e. The molecule has 1 rings (SSSR count). The Labute approximate surface area is 70.4 Å². The van der Waals surface area contributed by atoms with Crippen molar-refractivity contribution in [2.45, 2.75) is 6.61 Å². The number of hydrogen-bond acceptors (Lipinski definition) is 2. The van der Waals surface area contributed by atoms with Crippen LogP contribution < -0.4 is 0 Å². The van der Waals surface area contributed by atoms with Crippen molar-refractivity contribution in [3.8, 4) is 0 Å². The van der Waals surface area contributed by atoms with E-state index in [1.54, 1.807) is 0 Å². The summed E-state index contributed by atoms with van der Waals surface area (Å²) >= 11 is 0. The van der Waals surface area contributed by atoms with Crippen LogP contribution in [0, 0.1) is 0 Å². The van der Waals surface area contributed by atoms with Gasteiger partial charge in [-0.2, -0.15) is 0 Å². The molecule has 1 aromatic rings. The summed E-state index contributed by atoms with van der Waals surface area (Å²) in [5.41, 5.74) is 1.16. The van der Waals surface area contributed by atoms with Gasteiger partial charge in [0.25, 0.3) is 0 Å². The van der Waals surface area contributed by atoms with Crippen LogP contribution in [0.5, 0.6) is 0 Å². The second kappa shape index (κ2) is 5.12. The van der Waals surface area contributed by atoms with Gasteiger partial charge >= 0.3 is 7.69 Å². The highest BCUT2D eigenvalue weighted by Crippen LogP contribution is 1.98. The van der Waals surface area contributed by atoms with E-state index in [1.165, 1.54) is 7.69 Å². The van der Waals surface area contributed by atoms with Crippen LogP contribution in [0.4, 0.5) is 0 Å². The van der Waals surface area contributed by atoms with Crippen LogP contribution in [0.3, 0.4) is 0 Å². The van der Waals surface area contributed by atoms with Crippen LogP contribution in [0.1, 0.15) is 5.56 Å². The van der Waals surface area contributed by atoms with Gasteiger partial charge in [-0.1, -0.05) is 30.3 Å². The van der Waals surface area contributed by atoms with Crippen LogP contribution in [-0.2, 0) is 15.6 Å². The summed E-state index contributed by atoms with van der Waals surface area (Å²) in [4.78, 5) is 0. The molecule has 0 aliphatic rings. The van der Waals surface area contributed by atoms with Gasteiger partial charge in [-0.25, -0.2) is 0 Å². The van der Waals surface area contributed by atoms with E-state index in [9.17, 15) is 0 Å². The largest absolute Gasteiger partial charge is 0.476 e. The van der Waals surface area contributed by atoms with Crippen LogP contribution >= 0.6 is 0 Å². The molecule has 0 saturated carbocycles. The van der Waals surface area contributed by atoms with Gasteiger partial charge in [0, 0.05) is 0 Å². The zero-order valence-electron chi connectivity index (χ0n) is 6.49. The molecule has 0 bridgehead atoms. The van der Waals surface area contributed by atoms with Gasteiger partial charge in [0.15, 0.2) is 0 Å². The van der Waals surface area contributed by atoms with Crippen molar-refractivity contribution in [1.29, 1.82) is 0 Å². The second-order valence-electron chi connectivity index (χ2n) is 2.13. The lowest BCUT2D eigenvalue weighted by molar-refractivity contribution is 0.283. The van der Waals surface area contributed by atoms with Crippen molar-refractivity contribution < 1.29 is 9.00 Å². The molecule has 11 heavy (non-hydrogen) atoms. The van der Waals surface area contributed by atoms with Gasteiger partial charge in [0.05, 0.1) is 6.61 Å². The minimum absolute atomic E-state index is 0.586. The van der Waals surface area contributed by atoms with E-state index in [2.05, 4.69) is 0 Å². The molecule has 1 aromatic carbocycles. The zero-order valence-corrected chi connectivity index (χ0v) is 8.49. The smallest absolute Gasteiger partial charge is 0.463 e. The summed E-state index contributed by atoms with van der Waals surface area (Å²) in [6, 6.07) is 9.98. The zero-order chi connectivity index (χ0) is 7.94. The highest BCUT2D eigenvalue weighted by Gasteiger charge is 1.91. The van der Waals surface area contributed by atoms with Crippen LogP contribution in [0.25, 0.3) is 0 Å². The van der Waals surface area contributed by atoms with E-state index in [1.807, 2.05) is 30.3 Å². The maximum absolute atomic E-state index is 5.06. The van der Waals surface area contributed by atoms with Gasteiger partial charge < -0.3 is 9.00 Å². The molecule has 2 nitrogen and oxygen atoms in total. The number of rotatable bonds is 4. The molecule has 1 radical (unpaired) electrons. The first kappa shape index (κ1) is 8.52. The molecule has 0 N–H and O–H groups in total. The van der Waals surface area contributed by atoms with E-state index in [0.29, 0.717) is 17.1 Å². The van der Waals surface area contributed by atoms with E-state index >= 15 is 0 Å². The number of hydrogen-bond donors (Lipinski definition) is 0. The standard InChI is InChI=1S/C7H10BO2Si/c11-10-8-9-6-7-4-2-1-3-5-7/h1-5H,6H2,11H3. The quantitative estimate of drug-likeness (QED) is 0.463. The molecule has 4 heteroatoms. The third-order valence-corrected chi connectivity index (χ3v) is 1.45.